The monoisotopic (exact) mass is 324 g/mol. The molecule has 0 unspecified atom stereocenters. The van der Waals surface area contributed by atoms with Gasteiger partial charge in [-0.05, 0) is 30.7 Å². The zero-order chi connectivity index (χ0) is 14.3. The minimum Gasteiger partial charge on any atom is -0.398 e. The Morgan fingerprint density at radius 3 is 2.60 bits per heavy atom. The molecule has 0 aliphatic carbocycles. The maximum atomic E-state index is 6.25. The van der Waals surface area contributed by atoms with Crippen LogP contribution in [0.15, 0.2) is 24.3 Å². The average molecular weight is 325 g/mol. The average Bonchev–Trinajstić information content (AvgIpc) is 2.88. The second kappa shape index (κ2) is 5.09. The van der Waals surface area contributed by atoms with Gasteiger partial charge in [0.25, 0.3) is 0 Å². The lowest BCUT2D eigenvalue weighted by molar-refractivity contribution is 1.45. The Labute approximate surface area is 129 Å². The fourth-order valence-electron chi connectivity index (χ4n) is 1.86. The van der Waals surface area contributed by atoms with Crippen molar-refractivity contribution in [1.82, 2.24) is 8.75 Å². The number of anilines is 3. The van der Waals surface area contributed by atoms with Gasteiger partial charge in [-0.25, -0.2) is 0 Å². The Kier molecular flexibility index (Phi) is 3.41. The molecule has 1 heterocycles. The molecule has 0 saturated carbocycles. The Hall–Kier alpha value is -1.56. The largest absolute Gasteiger partial charge is 0.398 e. The van der Waals surface area contributed by atoms with E-state index in [9.17, 15) is 0 Å². The van der Waals surface area contributed by atoms with Crippen molar-refractivity contribution in [3.8, 4) is 0 Å². The highest BCUT2D eigenvalue weighted by atomic mass is 35.5. The number of nitrogen functional groups attached to an aromatic ring is 1. The molecule has 102 valence electrons. The number of rotatable bonds is 2. The molecule has 0 saturated heterocycles. The van der Waals surface area contributed by atoms with E-state index >= 15 is 0 Å². The minimum atomic E-state index is 0.493. The zero-order valence-electron chi connectivity index (χ0n) is 10.4. The van der Waals surface area contributed by atoms with E-state index in [4.69, 9.17) is 28.9 Å². The minimum absolute atomic E-state index is 0.493. The predicted octanol–water partition coefficient (Wildman–Crippen LogP) is 4.63. The van der Waals surface area contributed by atoms with Gasteiger partial charge in [0, 0.05) is 11.4 Å². The fourth-order valence-corrected chi connectivity index (χ4v) is 3.02. The van der Waals surface area contributed by atoms with Crippen LogP contribution < -0.4 is 11.1 Å². The van der Waals surface area contributed by atoms with Crippen LogP contribution in [0, 0.1) is 6.92 Å². The van der Waals surface area contributed by atoms with E-state index in [0.717, 1.165) is 23.0 Å². The molecule has 3 rings (SSSR count). The lowest BCUT2D eigenvalue weighted by Crippen LogP contribution is -1.96. The second-order valence-electron chi connectivity index (χ2n) is 4.37. The first kappa shape index (κ1) is 13.4. The van der Waals surface area contributed by atoms with E-state index in [1.54, 1.807) is 6.07 Å². The van der Waals surface area contributed by atoms with Crippen LogP contribution in [0.3, 0.4) is 0 Å². The van der Waals surface area contributed by atoms with E-state index in [1.807, 2.05) is 25.1 Å². The number of hydrogen-bond donors (Lipinski definition) is 2. The van der Waals surface area contributed by atoms with Gasteiger partial charge in [-0.2, -0.15) is 8.75 Å². The van der Waals surface area contributed by atoms with Gasteiger partial charge in [-0.15, -0.1) is 0 Å². The molecular weight excluding hydrogens is 315 g/mol. The molecule has 0 aliphatic rings. The highest BCUT2D eigenvalue weighted by Gasteiger charge is 2.14. The van der Waals surface area contributed by atoms with Crippen LogP contribution in [0.1, 0.15) is 5.56 Å². The lowest BCUT2D eigenvalue weighted by atomic mass is 10.1. The third-order valence-electron chi connectivity index (χ3n) is 2.99. The van der Waals surface area contributed by atoms with Gasteiger partial charge >= 0.3 is 0 Å². The van der Waals surface area contributed by atoms with E-state index in [0.29, 0.717) is 32.5 Å². The molecule has 0 aliphatic heterocycles. The van der Waals surface area contributed by atoms with Crippen molar-refractivity contribution in [3.05, 3.63) is 39.9 Å². The smallest absolute Gasteiger partial charge is 0.131 e. The van der Waals surface area contributed by atoms with Crippen molar-refractivity contribution in [2.24, 2.45) is 0 Å². The van der Waals surface area contributed by atoms with Gasteiger partial charge in [0.2, 0.25) is 0 Å². The highest BCUT2D eigenvalue weighted by Crippen LogP contribution is 2.37. The summed E-state index contributed by atoms with van der Waals surface area (Å²) in [6.07, 6.45) is 0. The molecule has 0 fully saturated rings. The Bertz CT molecular complexity index is 800. The van der Waals surface area contributed by atoms with Gasteiger partial charge in [0.15, 0.2) is 0 Å². The molecule has 0 bridgehead atoms. The SMILES string of the molecule is Cc1ccc(Nc2c(Cl)cc(Cl)c3nsnc23)cc1N. The topological polar surface area (TPSA) is 63.8 Å². The van der Waals surface area contributed by atoms with Crippen molar-refractivity contribution in [1.29, 1.82) is 0 Å². The molecular formula is C13H10Cl2N4S. The normalized spacial score (nSPS) is 10.9. The zero-order valence-corrected chi connectivity index (χ0v) is 12.8. The molecule has 4 nitrogen and oxygen atoms in total. The highest BCUT2D eigenvalue weighted by molar-refractivity contribution is 7.00. The maximum Gasteiger partial charge on any atom is 0.131 e. The summed E-state index contributed by atoms with van der Waals surface area (Å²) < 4.78 is 8.41. The molecule has 2 aromatic carbocycles. The Morgan fingerprint density at radius 2 is 1.85 bits per heavy atom. The number of halogens is 2. The van der Waals surface area contributed by atoms with Crippen molar-refractivity contribution < 1.29 is 0 Å². The molecule has 1 aromatic heterocycles. The fraction of sp³-hybridized carbons (Fsp3) is 0.0769. The first-order valence-corrected chi connectivity index (χ1v) is 7.28. The van der Waals surface area contributed by atoms with E-state index < -0.39 is 0 Å². The van der Waals surface area contributed by atoms with Gasteiger partial charge in [-0.1, -0.05) is 29.3 Å². The first-order valence-electron chi connectivity index (χ1n) is 5.79. The number of aryl methyl sites for hydroxylation is 1. The number of nitrogens with zero attached hydrogens (tertiary/aromatic N) is 2. The van der Waals surface area contributed by atoms with Crippen LogP contribution >= 0.6 is 34.9 Å². The number of fused-ring (bicyclic) bond motifs is 1. The van der Waals surface area contributed by atoms with Gasteiger partial charge in [-0.3, -0.25) is 0 Å². The summed E-state index contributed by atoms with van der Waals surface area (Å²) in [6, 6.07) is 7.39. The van der Waals surface area contributed by atoms with Crippen LogP contribution in [0.2, 0.25) is 10.0 Å². The molecule has 20 heavy (non-hydrogen) atoms. The van der Waals surface area contributed by atoms with Crippen LogP contribution in [0.25, 0.3) is 11.0 Å². The van der Waals surface area contributed by atoms with Crippen LogP contribution in [-0.2, 0) is 0 Å². The summed E-state index contributed by atoms with van der Waals surface area (Å²) in [5.74, 6) is 0. The third kappa shape index (κ3) is 2.28. The number of aromatic nitrogens is 2. The first-order chi connectivity index (χ1) is 9.56. The summed E-state index contributed by atoms with van der Waals surface area (Å²) in [5, 5.41) is 4.22. The number of hydrogen-bond acceptors (Lipinski definition) is 5. The standard InChI is InChI=1S/C13H10Cl2N4S/c1-6-2-3-7(4-10(6)16)17-11-8(14)5-9(15)12-13(11)19-20-18-12/h2-5,17H,16H2,1H3. The number of nitrogens with one attached hydrogen (secondary N) is 1. The molecule has 3 aromatic rings. The number of benzene rings is 2. The summed E-state index contributed by atoms with van der Waals surface area (Å²) >= 11 is 13.4. The van der Waals surface area contributed by atoms with E-state index in [-0.39, 0.29) is 0 Å². The van der Waals surface area contributed by atoms with Crippen LogP contribution in [0.4, 0.5) is 17.1 Å². The summed E-state index contributed by atoms with van der Waals surface area (Å²) in [7, 11) is 0. The second-order valence-corrected chi connectivity index (χ2v) is 5.72. The van der Waals surface area contributed by atoms with Gasteiger partial charge < -0.3 is 11.1 Å². The van der Waals surface area contributed by atoms with Gasteiger partial charge in [0.05, 0.1) is 27.5 Å². The molecule has 7 heteroatoms. The van der Waals surface area contributed by atoms with Crippen molar-refractivity contribution in [3.63, 3.8) is 0 Å². The lowest BCUT2D eigenvalue weighted by Gasteiger charge is -2.11. The number of nitrogens with two attached hydrogens (primary N) is 1. The van der Waals surface area contributed by atoms with Crippen LogP contribution in [0.5, 0.6) is 0 Å². The summed E-state index contributed by atoms with van der Waals surface area (Å²) in [5.41, 5.74) is 10.5. The Balaban J connectivity index is 2.10. The van der Waals surface area contributed by atoms with Crippen molar-refractivity contribution in [2.45, 2.75) is 6.92 Å². The van der Waals surface area contributed by atoms with E-state index in [1.165, 1.54) is 0 Å². The molecule has 3 N–H and O–H groups in total. The van der Waals surface area contributed by atoms with Crippen molar-refractivity contribution >= 4 is 63.0 Å². The van der Waals surface area contributed by atoms with Crippen LogP contribution in [-0.4, -0.2) is 8.75 Å². The quantitative estimate of drug-likeness (QED) is 0.674. The third-order valence-corrected chi connectivity index (χ3v) is 4.11. The summed E-state index contributed by atoms with van der Waals surface area (Å²) in [6.45, 7) is 1.96. The molecule has 0 atom stereocenters. The predicted molar refractivity (Wildman–Crippen MR) is 86.3 cm³/mol. The Morgan fingerprint density at radius 1 is 1.10 bits per heavy atom. The maximum absolute atomic E-state index is 6.25. The summed E-state index contributed by atoms with van der Waals surface area (Å²) in [4.78, 5) is 0. The van der Waals surface area contributed by atoms with Gasteiger partial charge in [0.1, 0.15) is 11.0 Å². The molecule has 0 radical (unpaired) electrons. The van der Waals surface area contributed by atoms with Crippen molar-refractivity contribution in [2.75, 3.05) is 11.1 Å². The van der Waals surface area contributed by atoms with E-state index in [2.05, 4.69) is 14.1 Å². The molecule has 0 spiro atoms. The molecule has 0 amide bonds.